The molecule has 0 unspecified atom stereocenters. The van der Waals surface area contributed by atoms with E-state index in [0.717, 1.165) is 18.7 Å². The van der Waals surface area contributed by atoms with Crippen molar-refractivity contribution in [2.45, 2.75) is 25.9 Å². The molecule has 16 heavy (non-hydrogen) atoms. The fourth-order valence-corrected chi connectivity index (χ4v) is 1.79. The van der Waals surface area contributed by atoms with Gasteiger partial charge in [0, 0.05) is 29.4 Å². The Balaban J connectivity index is 2.49. The standard InChI is InChI=1S/C12H17Cl2NO/c1-12(2,16-3)4-5-15-11-7-9(13)6-10(14)8-11/h6-8,15H,4-5H2,1-3H3. The molecule has 0 atom stereocenters. The van der Waals surface area contributed by atoms with Crippen molar-refractivity contribution in [3.05, 3.63) is 28.2 Å². The van der Waals surface area contributed by atoms with Gasteiger partial charge in [0.05, 0.1) is 5.60 Å². The lowest BCUT2D eigenvalue weighted by Gasteiger charge is -2.23. The first kappa shape index (κ1) is 13.6. The Bertz CT molecular complexity index is 333. The molecule has 1 N–H and O–H groups in total. The Morgan fingerprint density at radius 1 is 1.19 bits per heavy atom. The van der Waals surface area contributed by atoms with Gasteiger partial charge in [-0.15, -0.1) is 0 Å². The van der Waals surface area contributed by atoms with Crippen LogP contribution in [0.5, 0.6) is 0 Å². The first-order chi connectivity index (χ1) is 7.43. The zero-order valence-corrected chi connectivity index (χ0v) is 11.3. The zero-order valence-electron chi connectivity index (χ0n) is 9.81. The summed E-state index contributed by atoms with van der Waals surface area (Å²) < 4.78 is 5.33. The molecule has 0 saturated heterocycles. The topological polar surface area (TPSA) is 21.3 Å². The number of rotatable bonds is 5. The Labute approximate surface area is 107 Å². The maximum absolute atomic E-state index is 5.90. The van der Waals surface area contributed by atoms with Crippen LogP contribution in [-0.4, -0.2) is 19.3 Å². The summed E-state index contributed by atoms with van der Waals surface area (Å²) in [6, 6.07) is 5.42. The predicted molar refractivity (Wildman–Crippen MR) is 70.7 cm³/mol. The third kappa shape index (κ3) is 4.60. The van der Waals surface area contributed by atoms with Crippen molar-refractivity contribution in [3.63, 3.8) is 0 Å². The van der Waals surface area contributed by atoms with Gasteiger partial charge in [-0.25, -0.2) is 0 Å². The third-order valence-corrected chi connectivity index (χ3v) is 2.91. The number of nitrogens with one attached hydrogen (secondary N) is 1. The molecule has 0 heterocycles. The van der Waals surface area contributed by atoms with Gasteiger partial charge in [0.15, 0.2) is 0 Å². The molecule has 0 radical (unpaired) electrons. The molecule has 0 aliphatic heterocycles. The molecular weight excluding hydrogens is 245 g/mol. The average molecular weight is 262 g/mol. The quantitative estimate of drug-likeness (QED) is 0.857. The summed E-state index contributed by atoms with van der Waals surface area (Å²) >= 11 is 11.8. The molecule has 90 valence electrons. The van der Waals surface area contributed by atoms with Gasteiger partial charge in [-0.1, -0.05) is 23.2 Å². The fraction of sp³-hybridized carbons (Fsp3) is 0.500. The van der Waals surface area contributed by atoms with Crippen molar-refractivity contribution >= 4 is 28.9 Å². The minimum absolute atomic E-state index is 0.116. The van der Waals surface area contributed by atoms with Crippen LogP contribution in [-0.2, 0) is 4.74 Å². The molecule has 1 rings (SSSR count). The van der Waals surface area contributed by atoms with Crippen LogP contribution >= 0.6 is 23.2 Å². The monoisotopic (exact) mass is 261 g/mol. The van der Waals surface area contributed by atoms with Gasteiger partial charge >= 0.3 is 0 Å². The number of hydrogen-bond acceptors (Lipinski definition) is 2. The average Bonchev–Trinajstić information content (AvgIpc) is 2.16. The lowest BCUT2D eigenvalue weighted by atomic mass is 10.1. The Morgan fingerprint density at radius 3 is 2.25 bits per heavy atom. The SMILES string of the molecule is COC(C)(C)CCNc1cc(Cl)cc(Cl)c1. The van der Waals surface area contributed by atoms with E-state index < -0.39 is 0 Å². The number of benzene rings is 1. The molecule has 0 bridgehead atoms. The van der Waals surface area contributed by atoms with Gasteiger partial charge in [-0.3, -0.25) is 0 Å². The van der Waals surface area contributed by atoms with Crippen molar-refractivity contribution in [3.8, 4) is 0 Å². The highest BCUT2D eigenvalue weighted by Crippen LogP contribution is 2.23. The van der Waals surface area contributed by atoms with Crippen molar-refractivity contribution in [1.29, 1.82) is 0 Å². The summed E-state index contributed by atoms with van der Waals surface area (Å²) in [7, 11) is 1.72. The van der Waals surface area contributed by atoms with E-state index in [2.05, 4.69) is 19.2 Å². The van der Waals surface area contributed by atoms with Gasteiger partial charge in [-0.05, 0) is 38.5 Å². The maximum Gasteiger partial charge on any atom is 0.0639 e. The predicted octanol–water partition coefficient (Wildman–Crippen LogP) is 4.22. The third-order valence-electron chi connectivity index (χ3n) is 2.47. The van der Waals surface area contributed by atoms with Crippen LogP contribution in [0.3, 0.4) is 0 Å². The Kier molecular flexibility index (Phi) is 4.90. The second-order valence-corrected chi connectivity index (χ2v) is 5.17. The highest BCUT2D eigenvalue weighted by Gasteiger charge is 2.15. The van der Waals surface area contributed by atoms with Gasteiger partial charge in [0.2, 0.25) is 0 Å². The number of anilines is 1. The molecule has 0 aliphatic rings. The molecule has 0 amide bonds. The van der Waals surface area contributed by atoms with Gasteiger partial charge in [0.1, 0.15) is 0 Å². The number of methoxy groups -OCH3 is 1. The van der Waals surface area contributed by atoms with Crippen LogP contribution < -0.4 is 5.32 Å². The highest BCUT2D eigenvalue weighted by molar-refractivity contribution is 6.35. The number of halogens is 2. The van der Waals surface area contributed by atoms with Crippen molar-refractivity contribution < 1.29 is 4.74 Å². The first-order valence-electron chi connectivity index (χ1n) is 5.18. The minimum atomic E-state index is -0.116. The molecule has 4 heteroatoms. The van der Waals surface area contributed by atoms with Crippen LogP contribution in [0, 0.1) is 0 Å². The summed E-state index contributed by atoms with van der Waals surface area (Å²) in [4.78, 5) is 0. The summed E-state index contributed by atoms with van der Waals surface area (Å²) in [6.45, 7) is 4.93. The van der Waals surface area contributed by atoms with Crippen LogP contribution in [0.25, 0.3) is 0 Å². The summed E-state index contributed by atoms with van der Waals surface area (Å²) in [5.41, 5.74) is 0.819. The second-order valence-electron chi connectivity index (χ2n) is 4.30. The highest BCUT2D eigenvalue weighted by atomic mass is 35.5. The van der Waals surface area contributed by atoms with E-state index in [9.17, 15) is 0 Å². The van der Waals surface area contributed by atoms with E-state index in [1.165, 1.54) is 0 Å². The minimum Gasteiger partial charge on any atom is -0.385 e. The lowest BCUT2D eigenvalue weighted by molar-refractivity contribution is 0.0185. The molecular formula is C12H17Cl2NO. The van der Waals surface area contributed by atoms with Crippen molar-refractivity contribution in [2.24, 2.45) is 0 Å². The Hall–Kier alpha value is -0.440. The summed E-state index contributed by atoms with van der Waals surface area (Å²) in [6.07, 6.45) is 0.910. The zero-order chi connectivity index (χ0) is 12.2. The van der Waals surface area contributed by atoms with Crippen LogP contribution in [0.1, 0.15) is 20.3 Å². The van der Waals surface area contributed by atoms with E-state index in [-0.39, 0.29) is 5.60 Å². The fourth-order valence-electron chi connectivity index (χ4n) is 1.27. The van der Waals surface area contributed by atoms with Gasteiger partial charge in [0.25, 0.3) is 0 Å². The number of hydrogen-bond donors (Lipinski definition) is 1. The Morgan fingerprint density at radius 2 is 1.75 bits per heavy atom. The summed E-state index contributed by atoms with van der Waals surface area (Å²) in [5, 5.41) is 4.55. The molecule has 2 nitrogen and oxygen atoms in total. The van der Waals surface area contributed by atoms with Crippen LogP contribution in [0.4, 0.5) is 5.69 Å². The first-order valence-corrected chi connectivity index (χ1v) is 5.94. The van der Waals surface area contributed by atoms with Crippen molar-refractivity contribution in [2.75, 3.05) is 19.0 Å². The van der Waals surface area contributed by atoms with Crippen LogP contribution in [0.15, 0.2) is 18.2 Å². The molecule has 1 aromatic carbocycles. The maximum atomic E-state index is 5.90. The molecule has 0 fully saturated rings. The largest absolute Gasteiger partial charge is 0.385 e. The van der Waals surface area contributed by atoms with E-state index in [1.807, 2.05) is 12.1 Å². The molecule has 0 aliphatic carbocycles. The van der Waals surface area contributed by atoms with Crippen LogP contribution in [0.2, 0.25) is 10.0 Å². The van der Waals surface area contributed by atoms with E-state index >= 15 is 0 Å². The molecule has 0 saturated carbocycles. The second kappa shape index (κ2) is 5.76. The molecule has 0 spiro atoms. The van der Waals surface area contributed by atoms with Crippen molar-refractivity contribution in [1.82, 2.24) is 0 Å². The van der Waals surface area contributed by atoms with E-state index in [0.29, 0.717) is 10.0 Å². The molecule has 1 aromatic rings. The number of ether oxygens (including phenoxy) is 1. The van der Waals surface area contributed by atoms with Gasteiger partial charge < -0.3 is 10.1 Å². The van der Waals surface area contributed by atoms with Gasteiger partial charge in [-0.2, -0.15) is 0 Å². The summed E-state index contributed by atoms with van der Waals surface area (Å²) in [5.74, 6) is 0. The smallest absolute Gasteiger partial charge is 0.0639 e. The van der Waals surface area contributed by atoms with E-state index in [4.69, 9.17) is 27.9 Å². The normalized spacial score (nSPS) is 11.6. The van der Waals surface area contributed by atoms with E-state index in [1.54, 1.807) is 13.2 Å². The molecule has 0 aromatic heterocycles. The lowest BCUT2D eigenvalue weighted by Crippen LogP contribution is -2.25.